The maximum atomic E-state index is 6.23. The van der Waals surface area contributed by atoms with Crippen molar-refractivity contribution in [2.24, 2.45) is 0 Å². The van der Waals surface area contributed by atoms with E-state index in [2.05, 4.69) is 18.0 Å². The van der Waals surface area contributed by atoms with Crippen LogP contribution >= 0.6 is 22.9 Å². The molecule has 2 N–H and O–H groups in total. The summed E-state index contributed by atoms with van der Waals surface area (Å²) in [5.74, 6) is 0.419. The van der Waals surface area contributed by atoms with Gasteiger partial charge < -0.3 is 5.73 Å². The highest BCUT2D eigenvalue weighted by molar-refractivity contribution is 7.15. The Hall–Kier alpha value is -1.06. The number of benzene rings is 1. The lowest BCUT2D eigenvalue weighted by Crippen LogP contribution is -2.10. The zero-order valence-corrected chi connectivity index (χ0v) is 11.8. The summed E-state index contributed by atoms with van der Waals surface area (Å²) in [4.78, 5) is 5.78. The fourth-order valence-electron chi connectivity index (χ4n) is 2.74. The van der Waals surface area contributed by atoms with E-state index in [-0.39, 0.29) is 0 Å². The Morgan fingerprint density at radius 2 is 2.28 bits per heavy atom. The second-order valence-corrected chi connectivity index (χ2v) is 6.23. The van der Waals surface area contributed by atoms with Crippen molar-refractivity contribution in [3.8, 4) is 0 Å². The third kappa shape index (κ3) is 1.91. The molecule has 18 heavy (non-hydrogen) atoms. The summed E-state index contributed by atoms with van der Waals surface area (Å²) in [5, 5.41) is 1.53. The number of nitrogens with zero attached hydrogens (tertiary/aromatic N) is 1. The van der Waals surface area contributed by atoms with Crippen LogP contribution in [0.4, 0.5) is 5.13 Å². The first kappa shape index (κ1) is 12.0. The minimum Gasteiger partial charge on any atom is -0.375 e. The molecule has 3 rings (SSSR count). The third-order valence-corrected chi connectivity index (χ3v) is 5.10. The van der Waals surface area contributed by atoms with Crippen LogP contribution in [0.25, 0.3) is 0 Å². The topological polar surface area (TPSA) is 38.9 Å². The van der Waals surface area contributed by atoms with Gasteiger partial charge in [-0.1, -0.05) is 23.7 Å². The summed E-state index contributed by atoms with van der Waals surface area (Å²) in [6.07, 6.45) is 3.39. The van der Waals surface area contributed by atoms with Crippen molar-refractivity contribution in [1.29, 1.82) is 0 Å². The number of rotatable bonds is 1. The Morgan fingerprint density at radius 1 is 1.44 bits per heavy atom. The minimum atomic E-state index is 0.419. The number of aryl methyl sites for hydroxylation is 1. The summed E-state index contributed by atoms with van der Waals surface area (Å²) in [6.45, 7) is 2.09. The minimum absolute atomic E-state index is 0.419. The van der Waals surface area contributed by atoms with Gasteiger partial charge in [0.1, 0.15) is 0 Å². The second-order valence-electron chi connectivity index (χ2n) is 4.76. The van der Waals surface area contributed by atoms with Gasteiger partial charge in [0.25, 0.3) is 0 Å². The van der Waals surface area contributed by atoms with Gasteiger partial charge in [-0.05, 0) is 43.4 Å². The van der Waals surface area contributed by atoms with Crippen LogP contribution in [0.5, 0.6) is 0 Å². The molecule has 1 unspecified atom stereocenters. The van der Waals surface area contributed by atoms with Crippen LogP contribution in [-0.4, -0.2) is 4.98 Å². The van der Waals surface area contributed by atoms with Gasteiger partial charge >= 0.3 is 0 Å². The highest BCUT2D eigenvalue weighted by Crippen LogP contribution is 2.42. The Kier molecular flexibility index (Phi) is 3.04. The van der Waals surface area contributed by atoms with E-state index in [9.17, 15) is 0 Å². The third-order valence-electron chi connectivity index (χ3n) is 3.65. The Bertz CT molecular complexity index is 591. The lowest BCUT2D eigenvalue weighted by atomic mass is 9.84. The average molecular weight is 279 g/mol. The van der Waals surface area contributed by atoms with Crippen molar-refractivity contribution in [3.63, 3.8) is 0 Å². The van der Waals surface area contributed by atoms with E-state index < -0.39 is 0 Å². The number of hydrogen-bond acceptors (Lipinski definition) is 3. The summed E-state index contributed by atoms with van der Waals surface area (Å²) in [7, 11) is 0. The van der Waals surface area contributed by atoms with Crippen LogP contribution in [0.15, 0.2) is 18.2 Å². The Labute approximate surface area is 116 Å². The van der Waals surface area contributed by atoms with E-state index in [4.69, 9.17) is 17.3 Å². The van der Waals surface area contributed by atoms with E-state index in [1.165, 1.54) is 28.1 Å². The molecule has 0 amide bonds. The molecule has 0 aliphatic heterocycles. The van der Waals surface area contributed by atoms with Crippen LogP contribution < -0.4 is 5.73 Å². The number of nitrogens with two attached hydrogens (primary N) is 1. The van der Waals surface area contributed by atoms with E-state index >= 15 is 0 Å². The predicted molar refractivity (Wildman–Crippen MR) is 77.5 cm³/mol. The monoisotopic (exact) mass is 278 g/mol. The fourth-order valence-corrected chi connectivity index (χ4v) is 3.95. The van der Waals surface area contributed by atoms with Gasteiger partial charge in [-0.3, -0.25) is 0 Å². The van der Waals surface area contributed by atoms with E-state index in [0.29, 0.717) is 11.0 Å². The number of fused-ring (bicyclic) bond motifs is 1. The van der Waals surface area contributed by atoms with Crippen molar-refractivity contribution < 1.29 is 0 Å². The van der Waals surface area contributed by atoms with Gasteiger partial charge in [-0.2, -0.15) is 0 Å². The molecule has 1 aliphatic carbocycles. The van der Waals surface area contributed by atoms with Gasteiger partial charge in [0, 0.05) is 15.8 Å². The summed E-state index contributed by atoms with van der Waals surface area (Å²) in [6, 6.07) is 6.16. The largest absolute Gasteiger partial charge is 0.375 e. The maximum Gasteiger partial charge on any atom is 0.180 e. The molecule has 2 nitrogen and oxygen atoms in total. The van der Waals surface area contributed by atoms with Crippen molar-refractivity contribution in [2.75, 3.05) is 5.73 Å². The highest BCUT2D eigenvalue weighted by Gasteiger charge is 2.26. The fraction of sp³-hybridized carbons (Fsp3) is 0.357. The summed E-state index contributed by atoms with van der Waals surface area (Å²) in [5.41, 5.74) is 9.55. The lowest BCUT2D eigenvalue weighted by molar-refractivity contribution is 0.615. The zero-order valence-electron chi connectivity index (χ0n) is 10.2. The first-order valence-electron chi connectivity index (χ1n) is 6.17. The molecule has 0 bridgehead atoms. The Morgan fingerprint density at radius 3 is 3.11 bits per heavy atom. The number of nitrogen functional groups attached to an aromatic ring is 1. The molecule has 0 fully saturated rings. The van der Waals surface area contributed by atoms with Crippen molar-refractivity contribution in [2.45, 2.75) is 32.1 Å². The van der Waals surface area contributed by atoms with Gasteiger partial charge in [-0.25, -0.2) is 4.98 Å². The molecule has 94 valence electrons. The van der Waals surface area contributed by atoms with Crippen LogP contribution in [0.1, 0.15) is 40.5 Å². The molecule has 1 aromatic carbocycles. The number of thiazole rings is 1. The molecular weight excluding hydrogens is 264 g/mol. The number of anilines is 1. The number of halogens is 1. The van der Waals surface area contributed by atoms with Gasteiger partial charge in [0.2, 0.25) is 0 Å². The SMILES string of the molecule is Cc1c(Cl)cccc1C1CCCc2nc(N)sc21. The Balaban J connectivity index is 2.11. The second kappa shape index (κ2) is 4.56. The van der Waals surface area contributed by atoms with Crippen LogP contribution in [0, 0.1) is 6.92 Å². The number of aromatic nitrogens is 1. The summed E-state index contributed by atoms with van der Waals surface area (Å²) < 4.78 is 0. The molecule has 2 aromatic rings. The van der Waals surface area contributed by atoms with Crippen molar-refractivity contribution in [3.05, 3.63) is 44.9 Å². The molecule has 4 heteroatoms. The molecule has 0 saturated heterocycles. The van der Waals surface area contributed by atoms with Crippen LogP contribution in [-0.2, 0) is 6.42 Å². The molecule has 0 spiro atoms. The van der Waals surface area contributed by atoms with Crippen molar-refractivity contribution in [1.82, 2.24) is 4.98 Å². The van der Waals surface area contributed by atoms with Gasteiger partial charge in [0.15, 0.2) is 5.13 Å². The normalized spacial score (nSPS) is 18.7. The molecule has 0 radical (unpaired) electrons. The molecule has 1 aromatic heterocycles. The van der Waals surface area contributed by atoms with Gasteiger partial charge in [-0.15, -0.1) is 11.3 Å². The van der Waals surface area contributed by atoms with Crippen LogP contribution in [0.3, 0.4) is 0 Å². The van der Waals surface area contributed by atoms with E-state index in [1.807, 2.05) is 12.1 Å². The molecule has 1 atom stereocenters. The van der Waals surface area contributed by atoms with Crippen molar-refractivity contribution >= 4 is 28.1 Å². The molecule has 1 aliphatic rings. The van der Waals surface area contributed by atoms with Crippen LogP contribution in [0.2, 0.25) is 5.02 Å². The lowest BCUT2D eigenvalue weighted by Gasteiger charge is -2.23. The standard InChI is InChI=1S/C14H15ClN2S/c1-8-9(4-2-6-11(8)15)10-5-3-7-12-13(10)18-14(16)17-12/h2,4,6,10H,3,5,7H2,1H3,(H2,16,17). The summed E-state index contributed by atoms with van der Waals surface area (Å²) >= 11 is 7.86. The predicted octanol–water partition coefficient (Wildman–Crippen LogP) is 4.16. The zero-order chi connectivity index (χ0) is 12.7. The van der Waals surface area contributed by atoms with E-state index in [0.717, 1.165) is 17.9 Å². The quantitative estimate of drug-likeness (QED) is 0.851. The molecule has 0 saturated carbocycles. The molecule has 1 heterocycles. The highest BCUT2D eigenvalue weighted by atomic mass is 35.5. The van der Waals surface area contributed by atoms with E-state index in [1.54, 1.807) is 11.3 Å². The first-order chi connectivity index (χ1) is 8.66. The molecular formula is C14H15ClN2S. The maximum absolute atomic E-state index is 6.23. The first-order valence-corrected chi connectivity index (χ1v) is 7.36. The average Bonchev–Trinajstić information content (AvgIpc) is 2.73. The van der Waals surface area contributed by atoms with Gasteiger partial charge in [0.05, 0.1) is 5.69 Å². The number of hydrogen-bond donors (Lipinski definition) is 1. The smallest absolute Gasteiger partial charge is 0.180 e.